The van der Waals surface area contributed by atoms with Gasteiger partial charge in [-0.2, -0.15) is 0 Å². The molecule has 1 saturated carbocycles. The van der Waals surface area contributed by atoms with E-state index in [9.17, 15) is 14.7 Å². The number of terminal acetylenes is 1. The van der Waals surface area contributed by atoms with Crippen molar-refractivity contribution in [2.24, 2.45) is 17.8 Å². The Morgan fingerprint density at radius 2 is 2.00 bits per heavy atom. The summed E-state index contributed by atoms with van der Waals surface area (Å²) in [4.78, 5) is 23.2. The quantitative estimate of drug-likeness (QED) is 0.547. The number of aliphatic carboxylic acids is 1. The summed E-state index contributed by atoms with van der Waals surface area (Å²) in [6.45, 7) is 2.63. The highest BCUT2D eigenvalue weighted by Crippen LogP contribution is 2.38. The van der Waals surface area contributed by atoms with E-state index in [4.69, 9.17) is 6.42 Å². The van der Waals surface area contributed by atoms with Crippen molar-refractivity contribution < 1.29 is 14.7 Å². The number of carbonyl (C=O) groups is 2. The Kier molecular flexibility index (Phi) is 6.41. The number of unbranched alkanes of at least 4 members (excludes halogenated alkanes) is 2. The molecule has 0 radical (unpaired) electrons. The van der Waals surface area contributed by atoms with E-state index in [-0.39, 0.29) is 11.8 Å². The van der Waals surface area contributed by atoms with Crippen LogP contribution in [0.5, 0.6) is 0 Å². The number of carboxylic acids is 1. The molecule has 106 valence electrons. The summed E-state index contributed by atoms with van der Waals surface area (Å²) < 4.78 is 0. The zero-order chi connectivity index (χ0) is 14.3. The third-order valence-electron chi connectivity index (χ3n) is 3.94. The number of hydrogen-bond donors (Lipinski definition) is 2. The van der Waals surface area contributed by atoms with Crippen LogP contribution in [0.1, 0.15) is 45.4 Å². The zero-order valence-electron chi connectivity index (χ0n) is 11.5. The van der Waals surface area contributed by atoms with Gasteiger partial charge >= 0.3 is 5.97 Å². The number of hydrogen-bond acceptors (Lipinski definition) is 2. The van der Waals surface area contributed by atoms with E-state index in [1.54, 1.807) is 0 Å². The highest BCUT2D eigenvalue weighted by Gasteiger charge is 2.41. The summed E-state index contributed by atoms with van der Waals surface area (Å²) in [6.07, 6.45) is 9.87. The summed E-state index contributed by atoms with van der Waals surface area (Å²) >= 11 is 0. The van der Waals surface area contributed by atoms with E-state index >= 15 is 0 Å². The van der Waals surface area contributed by atoms with Crippen molar-refractivity contribution in [2.45, 2.75) is 45.4 Å². The number of rotatable bonds is 7. The normalized spacial score (nSPS) is 25.8. The smallest absolute Gasteiger partial charge is 0.307 e. The first-order valence-electron chi connectivity index (χ1n) is 7.04. The van der Waals surface area contributed by atoms with Gasteiger partial charge in [-0.1, -0.05) is 13.3 Å². The van der Waals surface area contributed by atoms with Crippen LogP contribution in [0.4, 0.5) is 0 Å². The second-order valence-electron chi connectivity index (χ2n) is 5.25. The summed E-state index contributed by atoms with van der Waals surface area (Å²) in [5, 5.41) is 12.0. The van der Waals surface area contributed by atoms with Crippen LogP contribution in [0.25, 0.3) is 0 Å². The summed E-state index contributed by atoms with van der Waals surface area (Å²) in [5.74, 6) is 1.08. The Labute approximate surface area is 115 Å². The van der Waals surface area contributed by atoms with E-state index in [1.807, 2.05) is 6.92 Å². The second-order valence-corrected chi connectivity index (χ2v) is 5.25. The molecule has 0 saturated heterocycles. The predicted octanol–water partition coefficient (Wildman–Crippen LogP) is 2.04. The van der Waals surface area contributed by atoms with Gasteiger partial charge in [0.05, 0.1) is 11.8 Å². The second kappa shape index (κ2) is 7.83. The fourth-order valence-electron chi connectivity index (χ4n) is 2.73. The SMILES string of the molecule is C#CCCCCNC(=O)[C@H]1CC(CC)C[C@H]1C(=O)O. The van der Waals surface area contributed by atoms with Gasteiger partial charge in [0, 0.05) is 13.0 Å². The highest BCUT2D eigenvalue weighted by molar-refractivity contribution is 5.85. The number of amides is 1. The molecule has 4 nitrogen and oxygen atoms in total. The van der Waals surface area contributed by atoms with Crippen LogP contribution in [-0.4, -0.2) is 23.5 Å². The molecule has 1 amide bonds. The van der Waals surface area contributed by atoms with E-state index in [2.05, 4.69) is 11.2 Å². The van der Waals surface area contributed by atoms with Crippen LogP contribution in [0, 0.1) is 30.1 Å². The van der Waals surface area contributed by atoms with Gasteiger partial charge in [0.2, 0.25) is 5.91 Å². The van der Waals surface area contributed by atoms with Crippen LogP contribution < -0.4 is 5.32 Å². The minimum atomic E-state index is -0.844. The third kappa shape index (κ3) is 4.59. The van der Waals surface area contributed by atoms with Crippen molar-refractivity contribution in [3.63, 3.8) is 0 Å². The molecule has 0 aromatic carbocycles. The van der Waals surface area contributed by atoms with Gasteiger partial charge in [-0.3, -0.25) is 9.59 Å². The molecule has 1 aliphatic rings. The van der Waals surface area contributed by atoms with Crippen LogP contribution >= 0.6 is 0 Å². The maximum atomic E-state index is 12.0. The summed E-state index contributed by atoms with van der Waals surface area (Å²) in [7, 11) is 0. The van der Waals surface area contributed by atoms with Gasteiger partial charge in [0.15, 0.2) is 0 Å². The molecular weight excluding hydrogens is 242 g/mol. The number of nitrogens with one attached hydrogen (secondary N) is 1. The first-order chi connectivity index (χ1) is 9.10. The van der Waals surface area contributed by atoms with Gasteiger partial charge in [0.25, 0.3) is 0 Å². The average Bonchev–Trinajstić information content (AvgIpc) is 2.82. The predicted molar refractivity (Wildman–Crippen MR) is 73.3 cm³/mol. The Bertz CT molecular complexity index is 359. The Balaban J connectivity index is 2.41. The molecule has 0 heterocycles. The number of carboxylic acid groups (broad SMARTS) is 1. The minimum absolute atomic E-state index is 0.107. The topological polar surface area (TPSA) is 66.4 Å². The minimum Gasteiger partial charge on any atom is -0.481 e. The van der Waals surface area contributed by atoms with Crippen molar-refractivity contribution in [2.75, 3.05) is 6.54 Å². The van der Waals surface area contributed by atoms with Gasteiger partial charge in [0.1, 0.15) is 0 Å². The maximum Gasteiger partial charge on any atom is 0.307 e. The third-order valence-corrected chi connectivity index (χ3v) is 3.94. The Morgan fingerprint density at radius 3 is 2.58 bits per heavy atom. The zero-order valence-corrected chi connectivity index (χ0v) is 11.5. The molecule has 19 heavy (non-hydrogen) atoms. The lowest BCUT2D eigenvalue weighted by Gasteiger charge is -2.15. The monoisotopic (exact) mass is 265 g/mol. The van der Waals surface area contributed by atoms with Gasteiger partial charge in [-0.15, -0.1) is 12.3 Å². The molecule has 0 aliphatic heterocycles. The fourth-order valence-corrected chi connectivity index (χ4v) is 2.73. The molecule has 0 aromatic heterocycles. The van der Waals surface area contributed by atoms with Gasteiger partial charge in [-0.05, 0) is 31.6 Å². The van der Waals surface area contributed by atoms with E-state index in [1.165, 1.54) is 0 Å². The molecule has 1 unspecified atom stereocenters. The lowest BCUT2D eigenvalue weighted by Crippen LogP contribution is -2.35. The first kappa shape index (κ1) is 15.6. The van der Waals surface area contributed by atoms with Crippen molar-refractivity contribution in [3.8, 4) is 12.3 Å². The molecule has 2 N–H and O–H groups in total. The van der Waals surface area contributed by atoms with E-state index in [0.717, 1.165) is 25.7 Å². The van der Waals surface area contributed by atoms with Crippen molar-refractivity contribution in [3.05, 3.63) is 0 Å². The van der Waals surface area contributed by atoms with Gasteiger partial charge in [-0.25, -0.2) is 0 Å². The van der Waals surface area contributed by atoms with Crippen LogP contribution in [0.15, 0.2) is 0 Å². The molecule has 1 fully saturated rings. The van der Waals surface area contributed by atoms with Crippen molar-refractivity contribution >= 4 is 11.9 Å². The van der Waals surface area contributed by atoms with E-state index in [0.29, 0.717) is 25.3 Å². The van der Waals surface area contributed by atoms with E-state index < -0.39 is 11.9 Å². The Hall–Kier alpha value is -1.50. The van der Waals surface area contributed by atoms with Crippen LogP contribution in [0.3, 0.4) is 0 Å². The largest absolute Gasteiger partial charge is 0.481 e. The maximum absolute atomic E-state index is 12.0. The lowest BCUT2D eigenvalue weighted by atomic mass is 9.95. The van der Waals surface area contributed by atoms with Crippen LogP contribution in [-0.2, 0) is 9.59 Å². The summed E-state index contributed by atoms with van der Waals surface area (Å²) in [6, 6.07) is 0. The average molecular weight is 265 g/mol. The standard InChI is InChI=1S/C15H23NO3/c1-3-5-6-7-8-16-14(17)12-9-11(4-2)10-13(12)15(18)19/h1,11-13H,4-10H2,2H3,(H,16,17)(H,18,19)/t11?,12-,13+/m0/s1. The fraction of sp³-hybridized carbons (Fsp3) is 0.733. The van der Waals surface area contributed by atoms with Crippen molar-refractivity contribution in [1.82, 2.24) is 5.32 Å². The molecule has 0 spiro atoms. The first-order valence-corrected chi connectivity index (χ1v) is 7.04. The molecule has 1 rings (SSSR count). The number of carbonyl (C=O) groups excluding carboxylic acids is 1. The molecule has 0 aromatic rings. The summed E-state index contributed by atoms with van der Waals surface area (Å²) in [5.41, 5.74) is 0. The Morgan fingerprint density at radius 1 is 1.32 bits per heavy atom. The lowest BCUT2D eigenvalue weighted by molar-refractivity contribution is -0.146. The molecule has 1 aliphatic carbocycles. The molecule has 3 atom stereocenters. The van der Waals surface area contributed by atoms with Crippen LogP contribution in [0.2, 0.25) is 0 Å². The molecule has 4 heteroatoms. The molecule has 0 bridgehead atoms. The van der Waals surface area contributed by atoms with Gasteiger partial charge < -0.3 is 10.4 Å². The molecular formula is C15H23NO3. The highest BCUT2D eigenvalue weighted by atomic mass is 16.4. The van der Waals surface area contributed by atoms with Crippen molar-refractivity contribution in [1.29, 1.82) is 0 Å².